The molecule has 0 saturated carbocycles. The van der Waals surface area contributed by atoms with Crippen LogP contribution in [0.15, 0.2) is 24.3 Å². The molecule has 0 aliphatic carbocycles. The predicted molar refractivity (Wildman–Crippen MR) is 64.3 cm³/mol. The zero-order chi connectivity index (χ0) is 13.3. The summed E-state index contributed by atoms with van der Waals surface area (Å²) in [6, 6.07) is 8.65. The van der Waals surface area contributed by atoms with Crippen LogP contribution in [-0.4, -0.2) is 22.4 Å². The fourth-order valence-corrected chi connectivity index (χ4v) is 1.89. The summed E-state index contributed by atoms with van der Waals surface area (Å²) in [5, 5.41) is 11.1. The number of benzene rings is 1. The molecule has 2 rings (SSSR count). The Morgan fingerprint density at radius 1 is 1.39 bits per heavy atom. The molecule has 0 radical (unpaired) electrons. The Morgan fingerprint density at radius 3 is 2.67 bits per heavy atom. The fourth-order valence-electron chi connectivity index (χ4n) is 1.89. The summed E-state index contributed by atoms with van der Waals surface area (Å²) in [6.45, 7) is 3.70. The first-order chi connectivity index (χ1) is 8.45. The van der Waals surface area contributed by atoms with Gasteiger partial charge in [-0.05, 0) is 31.5 Å². The molecule has 0 bridgehead atoms. The van der Waals surface area contributed by atoms with Crippen molar-refractivity contribution in [1.29, 1.82) is 5.26 Å². The largest absolute Gasteiger partial charge is 0.325 e. The lowest BCUT2D eigenvalue weighted by molar-refractivity contribution is -0.125. The van der Waals surface area contributed by atoms with Gasteiger partial charge in [-0.3, -0.25) is 10.1 Å². The highest BCUT2D eigenvalue weighted by Gasteiger charge is 2.45. The van der Waals surface area contributed by atoms with Crippen LogP contribution in [0, 0.1) is 11.3 Å². The number of amides is 3. The SMILES string of the molecule is CC1(C)C(=O)NC(=O)N1Cc1cccc(C#N)c1. The maximum atomic E-state index is 11.7. The second-order valence-corrected chi connectivity index (χ2v) is 4.72. The zero-order valence-corrected chi connectivity index (χ0v) is 10.2. The normalized spacial score (nSPS) is 17.5. The Balaban J connectivity index is 2.26. The molecule has 1 aromatic rings. The van der Waals surface area contributed by atoms with Gasteiger partial charge in [-0.2, -0.15) is 5.26 Å². The molecule has 1 N–H and O–H groups in total. The number of hydrogen-bond donors (Lipinski definition) is 1. The fraction of sp³-hybridized carbons (Fsp3) is 0.308. The van der Waals surface area contributed by atoms with Crippen LogP contribution in [0.5, 0.6) is 0 Å². The summed E-state index contributed by atoms with van der Waals surface area (Å²) in [5.41, 5.74) is 0.503. The van der Waals surface area contributed by atoms with E-state index < -0.39 is 11.6 Å². The van der Waals surface area contributed by atoms with E-state index in [9.17, 15) is 9.59 Å². The third-order valence-electron chi connectivity index (χ3n) is 3.09. The molecular formula is C13H13N3O2. The van der Waals surface area contributed by atoms with Crippen LogP contribution in [0.4, 0.5) is 4.79 Å². The summed E-state index contributed by atoms with van der Waals surface area (Å²) >= 11 is 0. The predicted octanol–water partition coefficient (Wildman–Crippen LogP) is 1.39. The van der Waals surface area contributed by atoms with E-state index in [0.717, 1.165) is 5.56 Å². The van der Waals surface area contributed by atoms with Crippen LogP contribution < -0.4 is 5.32 Å². The van der Waals surface area contributed by atoms with Gasteiger partial charge >= 0.3 is 6.03 Å². The van der Waals surface area contributed by atoms with Gasteiger partial charge in [0.2, 0.25) is 0 Å². The lowest BCUT2D eigenvalue weighted by Crippen LogP contribution is -2.43. The molecule has 5 nitrogen and oxygen atoms in total. The molecule has 1 aromatic carbocycles. The van der Waals surface area contributed by atoms with E-state index in [-0.39, 0.29) is 5.91 Å². The van der Waals surface area contributed by atoms with Gasteiger partial charge in [0.25, 0.3) is 5.91 Å². The van der Waals surface area contributed by atoms with Crippen molar-refractivity contribution in [3.63, 3.8) is 0 Å². The third kappa shape index (κ3) is 1.93. The minimum absolute atomic E-state index is 0.302. The minimum Gasteiger partial charge on any atom is -0.306 e. The molecule has 0 spiro atoms. The molecule has 0 atom stereocenters. The van der Waals surface area contributed by atoms with Crippen LogP contribution in [-0.2, 0) is 11.3 Å². The quantitative estimate of drug-likeness (QED) is 0.798. The Kier molecular flexibility index (Phi) is 2.79. The van der Waals surface area contributed by atoms with E-state index in [4.69, 9.17) is 5.26 Å². The number of carbonyl (C=O) groups is 2. The maximum Gasteiger partial charge on any atom is 0.325 e. The van der Waals surface area contributed by atoms with E-state index in [2.05, 4.69) is 5.32 Å². The van der Waals surface area contributed by atoms with Gasteiger partial charge in [0.1, 0.15) is 5.54 Å². The maximum absolute atomic E-state index is 11.7. The van der Waals surface area contributed by atoms with E-state index in [1.165, 1.54) is 4.90 Å². The molecular weight excluding hydrogens is 230 g/mol. The molecule has 92 valence electrons. The molecule has 0 unspecified atom stereocenters. The van der Waals surface area contributed by atoms with Crippen LogP contribution in [0.3, 0.4) is 0 Å². The Bertz CT molecular complexity index is 558. The van der Waals surface area contributed by atoms with Crippen molar-refractivity contribution in [1.82, 2.24) is 10.2 Å². The van der Waals surface area contributed by atoms with Gasteiger partial charge in [-0.15, -0.1) is 0 Å². The van der Waals surface area contributed by atoms with Crippen molar-refractivity contribution in [2.45, 2.75) is 25.9 Å². The standard InChI is InChI=1S/C13H13N3O2/c1-13(2)11(17)15-12(18)16(13)8-10-5-3-4-9(6-10)7-14/h3-6H,8H2,1-2H3,(H,15,17,18). The molecule has 0 aromatic heterocycles. The molecule has 5 heteroatoms. The number of hydrogen-bond acceptors (Lipinski definition) is 3. The first kappa shape index (κ1) is 12.1. The van der Waals surface area contributed by atoms with Crippen molar-refractivity contribution in [2.75, 3.05) is 0 Å². The van der Waals surface area contributed by atoms with Crippen molar-refractivity contribution in [2.24, 2.45) is 0 Å². The lowest BCUT2D eigenvalue weighted by atomic mass is 10.0. The lowest BCUT2D eigenvalue weighted by Gasteiger charge is -2.27. The molecule has 1 aliphatic heterocycles. The molecule has 1 fully saturated rings. The Hall–Kier alpha value is -2.35. The van der Waals surface area contributed by atoms with Crippen molar-refractivity contribution < 1.29 is 9.59 Å². The van der Waals surface area contributed by atoms with Gasteiger partial charge in [0.15, 0.2) is 0 Å². The number of nitrogens with zero attached hydrogens (tertiary/aromatic N) is 2. The van der Waals surface area contributed by atoms with Gasteiger partial charge < -0.3 is 4.90 Å². The van der Waals surface area contributed by atoms with Gasteiger partial charge in [0, 0.05) is 6.54 Å². The number of rotatable bonds is 2. The van der Waals surface area contributed by atoms with Gasteiger partial charge in [-0.25, -0.2) is 4.79 Å². The first-order valence-corrected chi connectivity index (χ1v) is 5.57. The molecule has 1 heterocycles. The average molecular weight is 243 g/mol. The summed E-state index contributed by atoms with van der Waals surface area (Å²) in [5.74, 6) is -0.302. The van der Waals surface area contributed by atoms with Gasteiger partial charge in [0.05, 0.1) is 11.6 Å². The van der Waals surface area contributed by atoms with Crippen LogP contribution >= 0.6 is 0 Å². The van der Waals surface area contributed by atoms with E-state index in [1.54, 1.807) is 32.0 Å². The smallest absolute Gasteiger partial charge is 0.306 e. The first-order valence-electron chi connectivity index (χ1n) is 5.57. The second kappa shape index (κ2) is 4.15. The van der Waals surface area contributed by atoms with Crippen molar-refractivity contribution in [3.8, 4) is 6.07 Å². The van der Waals surface area contributed by atoms with Crippen LogP contribution in [0.25, 0.3) is 0 Å². The number of urea groups is 1. The topological polar surface area (TPSA) is 73.2 Å². The second-order valence-electron chi connectivity index (χ2n) is 4.72. The number of imide groups is 1. The average Bonchev–Trinajstić information content (AvgIpc) is 2.52. The molecule has 1 saturated heterocycles. The van der Waals surface area contributed by atoms with E-state index in [0.29, 0.717) is 12.1 Å². The highest BCUT2D eigenvalue weighted by atomic mass is 16.2. The highest BCUT2D eigenvalue weighted by Crippen LogP contribution is 2.23. The Labute approximate surface area is 105 Å². The highest BCUT2D eigenvalue weighted by molar-refractivity contribution is 6.06. The number of nitriles is 1. The number of nitrogens with one attached hydrogen (secondary N) is 1. The van der Waals surface area contributed by atoms with E-state index in [1.807, 2.05) is 12.1 Å². The van der Waals surface area contributed by atoms with Crippen molar-refractivity contribution >= 4 is 11.9 Å². The van der Waals surface area contributed by atoms with Crippen LogP contribution in [0.1, 0.15) is 25.0 Å². The van der Waals surface area contributed by atoms with E-state index >= 15 is 0 Å². The zero-order valence-electron chi connectivity index (χ0n) is 10.2. The number of carbonyl (C=O) groups excluding carboxylic acids is 2. The summed E-state index contributed by atoms with van der Waals surface area (Å²) in [4.78, 5) is 24.8. The third-order valence-corrected chi connectivity index (χ3v) is 3.09. The Morgan fingerprint density at radius 2 is 2.11 bits per heavy atom. The molecule has 1 aliphatic rings. The van der Waals surface area contributed by atoms with Crippen LogP contribution in [0.2, 0.25) is 0 Å². The monoisotopic (exact) mass is 243 g/mol. The van der Waals surface area contributed by atoms with Crippen molar-refractivity contribution in [3.05, 3.63) is 35.4 Å². The molecule has 18 heavy (non-hydrogen) atoms. The summed E-state index contributed by atoms with van der Waals surface area (Å²) < 4.78 is 0. The summed E-state index contributed by atoms with van der Waals surface area (Å²) in [6.07, 6.45) is 0. The van der Waals surface area contributed by atoms with Gasteiger partial charge in [-0.1, -0.05) is 12.1 Å². The molecule has 3 amide bonds. The summed E-state index contributed by atoms with van der Waals surface area (Å²) in [7, 11) is 0. The minimum atomic E-state index is -0.861.